The summed E-state index contributed by atoms with van der Waals surface area (Å²) in [5.41, 5.74) is 1.26. The van der Waals surface area contributed by atoms with Gasteiger partial charge in [0.2, 0.25) is 0 Å². The summed E-state index contributed by atoms with van der Waals surface area (Å²) in [4.78, 5) is 4.27. The van der Waals surface area contributed by atoms with Crippen molar-refractivity contribution in [3.8, 4) is 5.75 Å². The van der Waals surface area contributed by atoms with Crippen molar-refractivity contribution in [3.05, 3.63) is 24.0 Å². The largest absolute Gasteiger partial charge is 0.492 e. The van der Waals surface area contributed by atoms with Crippen molar-refractivity contribution in [3.63, 3.8) is 0 Å². The quantitative estimate of drug-likeness (QED) is 0.768. The number of nitrogens with one attached hydrogen (secondary N) is 1. The molecule has 0 amide bonds. The number of nitrogens with zero attached hydrogens (tertiary/aromatic N) is 1. The van der Waals surface area contributed by atoms with Gasteiger partial charge in [-0.05, 0) is 43.9 Å². The molecule has 0 radical (unpaired) electrons. The molecule has 1 aromatic heterocycles. The Morgan fingerprint density at radius 2 is 2.06 bits per heavy atom. The zero-order valence-corrected chi connectivity index (χ0v) is 12.1. The third-order valence-corrected chi connectivity index (χ3v) is 3.04. The first kappa shape index (κ1) is 15.0. The monoisotopic (exact) mass is 250 g/mol. The van der Waals surface area contributed by atoms with Crippen LogP contribution < -0.4 is 10.1 Å². The van der Waals surface area contributed by atoms with Gasteiger partial charge in [0.25, 0.3) is 0 Å². The molecule has 1 rings (SSSR count). The molecular weight excluding hydrogens is 224 g/mol. The van der Waals surface area contributed by atoms with Crippen LogP contribution in [0.25, 0.3) is 0 Å². The molecule has 3 nitrogen and oxygen atoms in total. The average molecular weight is 250 g/mol. The van der Waals surface area contributed by atoms with E-state index < -0.39 is 0 Å². The van der Waals surface area contributed by atoms with Crippen LogP contribution in [0.4, 0.5) is 0 Å². The van der Waals surface area contributed by atoms with E-state index in [2.05, 4.69) is 44.1 Å². The minimum atomic E-state index is 0.497. The lowest BCUT2D eigenvalue weighted by Gasteiger charge is -2.18. The highest BCUT2D eigenvalue weighted by Gasteiger charge is 2.11. The third-order valence-electron chi connectivity index (χ3n) is 3.04. The van der Waals surface area contributed by atoms with Crippen LogP contribution >= 0.6 is 0 Å². The molecule has 18 heavy (non-hydrogen) atoms. The molecule has 1 N–H and O–H groups in total. The van der Waals surface area contributed by atoms with Gasteiger partial charge in [-0.2, -0.15) is 0 Å². The van der Waals surface area contributed by atoms with E-state index in [0.717, 1.165) is 31.7 Å². The molecule has 1 aromatic rings. The first-order valence-corrected chi connectivity index (χ1v) is 6.98. The van der Waals surface area contributed by atoms with Crippen LogP contribution in [0.1, 0.15) is 52.0 Å². The normalized spacial score (nSPS) is 14.2. The summed E-state index contributed by atoms with van der Waals surface area (Å²) in [6.07, 6.45) is 5.88. The highest BCUT2D eigenvalue weighted by Crippen LogP contribution is 2.23. The lowest BCUT2D eigenvalue weighted by Crippen LogP contribution is -2.26. The van der Waals surface area contributed by atoms with Gasteiger partial charge in [0.15, 0.2) is 0 Å². The molecule has 0 spiro atoms. The van der Waals surface area contributed by atoms with Gasteiger partial charge in [-0.3, -0.25) is 4.98 Å². The smallest absolute Gasteiger partial charge is 0.137 e. The van der Waals surface area contributed by atoms with Gasteiger partial charge in [-0.25, -0.2) is 0 Å². The predicted octanol–water partition coefficient (Wildman–Crippen LogP) is 3.36. The summed E-state index contributed by atoms with van der Waals surface area (Å²) in [7, 11) is 0. The van der Waals surface area contributed by atoms with Crippen molar-refractivity contribution in [1.82, 2.24) is 10.3 Å². The van der Waals surface area contributed by atoms with Crippen molar-refractivity contribution in [2.45, 2.75) is 52.5 Å². The van der Waals surface area contributed by atoms with Crippen molar-refractivity contribution in [2.75, 3.05) is 13.2 Å². The fourth-order valence-corrected chi connectivity index (χ4v) is 2.10. The first-order chi connectivity index (χ1) is 8.67. The van der Waals surface area contributed by atoms with E-state index in [4.69, 9.17) is 4.74 Å². The van der Waals surface area contributed by atoms with Crippen LogP contribution in [-0.4, -0.2) is 24.2 Å². The Kier molecular flexibility index (Phi) is 6.73. The Hall–Kier alpha value is -1.09. The summed E-state index contributed by atoms with van der Waals surface area (Å²) in [5.74, 6) is 1.38. The number of pyridine rings is 1. The van der Waals surface area contributed by atoms with Gasteiger partial charge in [0.1, 0.15) is 5.75 Å². The molecule has 0 aliphatic carbocycles. The molecule has 2 atom stereocenters. The molecule has 0 aliphatic heterocycles. The molecule has 2 unspecified atom stereocenters. The SMILES string of the molecule is CCCOc1cncc(C(C)CC(C)NCC)c1. The molecule has 0 bridgehead atoms. The number of ether oxygens (including phenoxy) is 1. The van der Waals surface area contributed by atoms with Crippen LogP contribution in [-0.2, 0) is 0 Å². The Bertz CT molecular complexity index is 341. The second-order valence-electron chi connectivity index (χ2n) is 4.90. The van der Waals surface area contributed by atoms with E-state index in [1.807, 2.05) is 6.20 Å². The second kappa shape index (κ2) is 8.09. The van der Waals surface area contributed by atoms with Gasteiger partial charge < -0.3 is 10.1 Å². The summed E-state index contributed by atoms with van der Waals surface area (Å²) < 4.78 is 5.62. The van der Waals surface area contributed by atoms with Gasteiger partial charge in [0, 0.05) is 12.2 Å². The van der Waals surface area contributed by atoms with E-state index in [1.165, 1.54) is 5.56 Å². The summed E-state index contributed by atoms with van der Waals surface area (Å²) in [6, 6.07) is 2.65. The third kappa shape index (κ3) is 5.05. The van der Waals surface area contributed by atoms with Crippen molar-refractivity contribution in [2.24, 2.45) is 0 Å². The van der Waals surface area contributed by atoms with E-state index in [1.54, 1.807) is 6.20 Å². The van der Waals surface area contributed by atoms with Gasteiger partial charge in [0.05, 0.1) is 12.8 Å². The van der Waals surface area contributed by atoms with E-state index >= 15 is 0 Å². The molecular formula is C15H26N2O. The standard InChI is InChI=1S/C15H26N2O/c1-5-7-18-15-9-14(10-16-11-15)12(3)8-13(4)17-6-2/h9-13,17H,5-8H2,1-4H3. The average Bonchev–Trinajstić information content (AvgIpc) is 2.37. The highest BCUT2D eigenvalue weighted by molar-refractivity contribution is 5.26. The summed E-state index contributed by atoms with van der Waals surface area (Å²) in [5, 5.41) is 3.44. The number of hydrogen-bond acceptors (Lipinski definition) is 3. The van der Waals surface area contributed by atoms with Crippen molar-refractivity contribution < 1.29 is 4.74 Å². The Morgan fingerprint density at radius 3 is 2.72 bits per heavy atom. The van der Waals surface area contributed by atoms with E-state index in [9.17, 15) is 0 Å². The van der Waals surface area contributed by atoms with Crippen LogP contribution in [0.15, 0.2) is 18.5 Å². The number of aromatic nitrogens is 1. The number of rotatable bonds is 8. The van der Waals surface area contributed by atoms with Gasteiger partial charge in [-0.15, -0.1) is 0 Å². The van der Waals surface area contributed by atoms with Gasteiger partial charge in [-0.1, -0.05) is 20.8 Å². The zero-order valence-electron chi connectivity index (χ0n) is 12.1. The maximum atomic E-state index is 5.62. The Balaban J connectivity index is 2.58. The topological polar surface area (TPSA) is 34.1 Å². The maximum absolute atomic E-state index is 5.62. The highest BCUT2D eigenvalue weighted by atomic mass is 16.5. The molecule has 0 aliphatic rings. The summed E-state index contributed by atoms with van der Waals surface area (Å²) >= 11 is 0. The fraction of sp³-hybridized carbons (Fsp3) is 0.667. The number of hydrogen-bond donors (Lipinski definition) is 1. The molecule has 0 fully saturated rings. The summed E-state index contributed by atoms with van der Waals surface area (Å²) in [6.45, 7) is 10.5. The predicted molar refractivity (Wildman–Crippen MR) is 76.2 cm³/mol. The molecule has 0 saturated heterocycles. The fourth-order valence-electron chi connectivity index (χ4n) is 2.10. The minimum absolute atomic E-state index is 0.497. The van der Waals surface area contributed by atoms with E-state index in [0.29, 0.717) is 12.0 Å². The minimum Gasteiger partial charge on any atom is -0.492 e. The van der Waals surface area contributed by atoms with Crippen LogP contribution in [0.2, 0.25) is 0 Å². The first-order valence-electron chi connectivity index (χ1n) is 6.98. The molecule has 1 heterocycles. The van der Waals surface area contributed by atoms with Crippen molar-refractivity contribution in [1.29, 1.82) is 0 Å². The van der Waals surface area contributed by atoms with Crippen LogP contribution in [0.5, 0.6) is 5.75 Å². The van der Waals surface area contributed by atoms with Gasteiger partial charge >= 0.3 is 0 Å². The van der Waals surface area contributed by atoms with E-state index in [-0.39, 0.29) is 0 Å². The lowest BCUT2D eigenvalue weighted by molar-refractivity contribution is 0.315. The van der Waals surface area contributed by atoms with Crippen LogP contribution in [0, 0.1) is 0 Å². The van der Waals surface area contributed by atoms with Crippen LogP contribution in [0.3, 0.4) is 0 Å². The van der Waals surface area contributed by atoms with Crippen molar-refractivity contribution >= 4 is 0 Å². The Morgan fingerprint density at radius 1 is 1.28 bits per heavy atom. The second-order valence-corrected chi connectivity index (χ2v) is 4.90. The maximum Gasteiger partial charge on any atom is 0.137 e. The molecule has 0 aromatic carbocycles. The molecule has 3 heteroatoms. The zero-order chi connectivity index (χ0) is 13.4. The Labute approximate surface area is 111 Å². The lowest BCUT2D eigenvalue weighted by atomic mass is 9.96. The molecule has 102 valence electrons. The molecule has 0 saturated carbocycles.